The number of hydrogen-bond donors (Lipinski definition) is 4. The highest BCUT2D eigenvalue weighted by molar-refractivity contribution is 5.99. The number of aromatic nitrogens is 1. The number of halogens is 1. The highest BCUT2D eigenvalue weighted by atomic mass is 19.1. The van der Waals surface area contributed by atoms with Crippen LogP contribution in [-0.2, 0) is 14.4 Å². The SMILES string of the molecule is Cc1cc(F)cc2c(OC(C(=O)O)c3ccccc3)cc(C(=O)NCCC(C(=O)O)C(=O)N3CCN(C(=O)NCC(C)C)CC3)nc12. The summed E-state index contributed by atoms with van der Waals surface area (Å²) in [6, 6.07) is 11.4. The van der Waals surface area contributed by atoms with Crippen LogP contribution >= 0.6 is 0 Å². The number of hydrogen-bond acceptors (Lipinski definition) is 7. The van der Waals surface area contributed by atoms with E-state index in [4.69, 9.17) is 4.74 Å². The van der Waals surface area contributed by atoms with Crippen LogP contribution < -0.4 is 15.4 Å². The van der Waals surface area contributed by atoms with Crippen LogP contribution in [0, 0.1) is 24.6 Å². The van der Waals surface area contributed by atoms with Crippen LogP contribution in [0.1, 0.15) is 48.0 Å². The summed E-state index contributed by atoms with van der Waals surface area (Å²) in [5.41, 5.74) is 0.732. The monoisotopic (exact) mass is 651 g/mol. The van der Waals surface area contributed by atoms with Gasteiger partial charge in [-0.1, -0.05) is 44.2 Å². The number of aryl methyl sites for hydroxylation is 1. The molecule has 250 valence electrons. The highest BCUT2D eigenvalue weighted by Gasteiger charge is 2.33. The first kappa shape index (κ1) is 34.6. The highest BCUT2D eigenvalue weighted by Crippen LogP contribution is 2.32. The van der Waals surface area contributed by atoms with Crippen molar-refractivity contribution in [1.82, 2.24) is 25.4 Å². The molecule has 13 nitrogen and oxygen atoms in total. The molecule has 0 bridgehead atoms. The zero-order chi connectivity index (χ0) is 34.2. The van der Waals surface area contributed by atoms with Gasteiger partial charge in [0.1, 0.15) is 23.2 Å². The summed E-state index contributed by atoms with van der Waals surface area (Å²) in [6.45, 7) is 6.71. The Hall–Kier alpha value is -5.27. The Morgan fingerprint density at radius 1 is 0.936 bits per heavy atom. The number of carbonyl (C=O) groups is 5. The van der Waals surface area contributed by atoms with E-state index in [9.17, 15) is 38.6 Å². The maximum atomic E-state index is 14.4. The fourth-order valence-electron chi connectivity index (χ4n) is 5.18. The summed E-state index contributed by atoms with van der Waals surface area (Å²) < 4.78 is 20.2. The fourth-order valence-corrected chi connectivity index (χ4v) is 5.18. The predicted molar refractivity (Wildman–Crippen MR) is 168 cm³/mol. The molecule has 14 heteroatoms. The fraction of sp³-hybridized carbons (Fsp3) is 0.394. The minimum atomic E-state index is -1.47. The topological polar surface area (TPSA) is 178 Å². The summed E-state index contributed by atoms with van der Waals surface area (Å²) in [7, 11) is 0. The van der Waals surface area contributed by atoms with E-state index in [0.29, 0.717) is 17.7 Å². The van der Waals surface area contributed by atoms with Gasteiger partial charge in [-0.2, -0.15) is 0 Å². The number of carboxylic acids is 2. The second kappa shape index (κ2) is 15.3. The first-order valence-electron chi connectivity index (χ1n) is 15.2. The summed E-state index contributed by atoms with van der Waals surface area (Å²) in [6.07, 6.45) is -1.69. The number of nitrogens with one attached hydrogen (secondary N) is 2. The zero-order valence-electron chi connectivity index (χ0n) is 26.4. The van der Waals surface area contributed by atoms with Gasteiger partial charge in [-0.3, -0.25) is 14.4 Å². The summed E-state index contributed by atoms with van der Waals surface area (Å²) in [5, 5.41) is 25.3. The third-order valence-corrected chi connectivity index (χ3v) is 7.69. The van der Waals surface area contributed by atoms with Crippen molar-refractivity contribution < 1.29 is 43.3 Å². The van der Waals surface area contributed by atoms with E-state index < -0.39 is 41.6 Å². The molecule has 0 aliphatic carbocycles. The lowest BCUT2D eigenvalue weighted by Gasteiger charge is -2.36. The van der Waals surface area contributed by atoms with Gasteiger partial charge in [0.2, 0.25) is 12.0 Å². The van der Waals surface area contributed by atoms with Crippen molar-refractivity contribution in [2.75, 3.05) is 39.3 Å². The van der Waals surface area contributed by atoms with E-state index in [2.05, 4.69) is 15.6 Å². The van der Waals surface area contributed by atoms with Crippen LogP contribution in [-0.4, -0.2) is 94.0 Å². The molecular formula is C33H38FN5O8. The third-order valence-electron chi connectivity index (χ3n) is 7.69. The molecule has 0 spiro atoms. The number of benzene rings is 2. The Labute approximate surface area is 270 Å². The molecule has 4 N–H and O–H groups in total. The summed E-state index contributed by atoms with van der Waals surface area (Å²) in [4.78, 5) is 70.2. The number of nitrogens with zero attached hydrogens (tertiary/aromatic N) is 3. The number of amides is 4. The largest absolute Gasteiger partial charge is 0.481 e. The van der Waals surface area contributed by atoms with E-state index in [-0.39, 0.29) is 73.4 Å². The van der Waals surface area contributed by atoms with E-state index in [0.717, 1.165) is 6.07 Å². The molecule has 1 fully saturated rings. The second-order valence-corrected chi connectivity index (χ2v) is 11.7. The van der Waals surface area contributed by atoms with Crippen molar-refractivity contribution in [3.05, 3.63) is 71.2 Å². The molecule has 2 atom stereocenters. The van der Waals surface area contributed by atoms with Crippen LogP contribution in [0.2, 0.25) is 0 Å². The molecule has 1 aliphatic rings. The van der Waals surface area contributed by atoms with E-state index in [1.165, 1.54) is 17.0 Å². The van der Waals surface area contributed by atoms with Gasteiger partial charge in [0.15, 0.2) is 0 Å². The Morgan fingerprint density at radius 2 is 1.60 bits per heavy atom. The maximum Gasteiger partial charge on any atom is 0.349 e. The number of rotatable bonds is 12. The van der Waals surface area contributed by atoms with Gasteiger partial charge >= 0.3 is 18.0 Å². The van der Waals surface area contributed by atoms with E-state index in [1.807, 2.05) is 13.8 Å². The van der Waals surface area contributed by atoms with Gasteiger partial charge in [-0.05, 0) is 37.0 Å². The lowest BCUT2D eigenvalue weighted by molar-refractivity contribution is -0.152. The van der Waals surface area contributed by atoms with Crippen molar-refractivity contribution in [2.45, 2.75) is 33.3 Å². The normalized spacial score (nSPS) is 14.4. The number of fused-ring (bicyclic) bond motifs is 1. The molecule has 47 heavy (non-hydrogen) atoms. The minimum absolute atomic E-state index is 0.0883. The van der Waals surface area contributed by atoms with Gasteiger partial charge in [0.25, 0.3) is 5.91 Å². The van der Waals surface area contributed by atoms with Crippen LogP contribution in [0.25, 0.3) is 10.9 Å². The number of urea groups is 1. The van der Waals surface area contributed by atoms with Crippen LogP contribution in [0.4, 0.5) is 9.18 Å². The number of aliphatic carboxylic acids is 2. The lowest BCUT2D eigenvalue weighted by atomic mass is 10.0. The molecule has 1 aliphatic heterocycles. The summed E-state index contributed by atoms with van der Waals surface area (Å²) >= 11 is 0. The number of carboxylic acid groups (broad SMARTS) is 2. The molecular weight excluding hydrogens is 613 g/mol. The third kappa shape index (κ3) is 8.71. The average molecular weight is 652 g/mol. The van der Waals surface area contributed by atoms with Crippen molar-refractivity contribution in [3.8, 4) is 5.75 Å². The lowest BCUT2D eigenvalue weighted by Crippen LogP contribution is -2.55. The van der Waals surface area contributed by atoms with Crippen LogP contribution in [0.3, 0.4) is 0 Å². The Morgan fingerprint density at radius 3 is 2.21 bits per heavy atom. The van der Waals surface area contributed by atoms with Gasteiger partial charge in [-0.15, -0.1) is 0 Å². The molecule has 2 unspecified atom stereocenters. The van der Waals surface area contributed by atoms with E-state index >= 15 is 0 Å². The number of piperazine rings is 1. The van der Waals surface area contributed by atoms with Crippen molar-refractivity contribution >= 4 is 40.7 Å². The van der Waals surface area contributed by atoms with Crippen LogP contribution in [0.5, 0.6) is 5.75 Å². The average Bonchev–Trinajstić information content (AvgIpc) is 3.04. The molecule has 1 saturated heterocycles. The van der Waals surface area contributed by atoms with Crippen molar-refractivity contribution in [1.29, 1.82) is 0 Å². The number of carbonyl (C=O) groups excluding carboxylic acids is 3. The molecule has 0 radical (unpaired) electrons. The molecule has 2 heterocycles. The predicted octanol–water partition coefficient (Wildman–Crippen LogP) is 3.22. The Kier molecular flexibility index (Phi) is 11.3. The van der Waals surface area contributed by atoms with Gasteiger partial charge in [0, 0.05) is 56.3 Å². The molecule has 3 aromatic rings. The quantitative estimate of drug-likeness (QED) is 0.214. The minimum Gasteiger partial charge on any atom is -0.481 e. The molecule has 0 saturated carbocycles. The van der Waals surface area contributed by atoms with Crippen LogP contribution in [0.15, 0.2) is 48.5 Å². The first-order valence-corrected chi connectivity index (χ1v) is 15.2. The summed E-state index contributed by atoms with van der Waals surface area (Å²) in [5.74, 6) is -5.85. The first-order chi connectivity index (χ1) is 22.3. The molecule has 1 aromatic heterocycles. The molecule has 4 rings (SSSR count). The van der Waals surface area contributed by atoms with Gasteiger partial charge in [-0.25, -0.2) is 19.0 Å². The molecule has 2 aromatic carbocycles. The van der Waals surface area contributed by atoms with Gasteiger partial charge in [0.05, 0.1) is 5.52 Å². The number of ether oxygens (including phenoxy) is 1. The Bertz CT molecular complexity index is 1640. The van der Waals surface area contributed by atoms with Gasteiger partial charge < -0.3 is 35.4 Å². The maximum absolute atomic E-state index is 14.4. The molecule has 4 amide bonds. The van der Waals surface area contributed by atoms with E-state index in [1.54, 1.807) is 42.2 Å². The number of pyridine rings is 1. The smallest absolute Gasteiger partial charge is 0.349 e. The van der Waals surface area contributed by atoms with Crippen molar-refractivity contribution in [3.63, 3.8) is 0 Å². The second-order valence-electron chi connectivity index (χ2n) is 11.7. The standard InChI is InChI=1S/C33H38FN5O8/c1-19(2)18-36-33(46)39-13-11-38(12-14-39)30(41)23(31(42)43)9-10-35-29(40)25-17-26(24-16-22(34)15-20(3)27(24)37-25)47-28(32(44)45)21-7-5-4-6-8-21/h4-8,15-17,19,23,28H,9-14,18H2,1-3H3,(H,35,40)(H,36,46)(H,42,43)(H,44,45). The Balaban J connectivity index is 1.45. The zero-order valence-corrected chi connectivity index (χ0v) is 26.4. The van der Waals surface area contributed by atoms with Crippen molar-refractivity contribution in [2.24, 2.45) is 11.8 Å².